The van der Waals surface area contributed by atoms with Crippen molar-refractivity contribution in [1.82, 2.24) is 0 Å². The Balaban J connectivity index is 1.76. The van der Waals surface area contributed by atoms with E-state index < -0.39 is 0 Å². The fraction of sp³-hybridized carbons (Fsp3) is 0.278. The van der Waals surface area contributed by atoms with E-state index in [1.807, 2.05) is 0 Å². The summed E-state index contributed by atoms with van der Waals surface area (Å²) in [5, 5.41) is 7.21. The van der Waals surface area contributed by atoms with Gasteiger partial charge in [-0.3, -0.25) is 5.01 Å². The molecule has 0 N–H and O–H groups in total. The molecule has 0 unspecified atom stereocenters. The molecule has 0 saturated heterocycles. The van der Waals surface area contributed by atoms with Gasteiger partial charge in [-0.25, -0.2) is 0 Å². The van der Waals surface area contributed by atoms with Gasteiger partial charge in [-0.15, -0.1) is 0 Å². The average Bonchev–Trinajstić information content (AvgIpc) is 3.11. The van der Waals surface area contributed by atoms with Crippen molar-refractivity contribution in [2.45, 2.75) is 25.3 Å². The number of benzene rings is 2. The number of hydrogen-bond acceptors (Lipinski definition) is 2. The van der Waals surface area contributed by atoms with Gasteiger partial charge in [0.2, 0.25) is 0 Å². The molecule has 1 aliphatic heterocycles. The standard InChI is InChI=1S/C18H18N2/c1-3-8-14(9-4-1)18-16-12-7-13-17(16)20(19-18)15-10-5-2-6-11-15/h1-6,8-11,16-17H,7,12-13H2/t16-,17-/m0/s1. The third-order valence-electron chi connectivity index (χ3n) is 4.45. The summed E-state index contributed by atoms with van der Waals surface area (Å²) in [6, 6.07) is 21.8. The third-order valence-corrected chi connectivity index (χ3v) is 4.45. The monoisotopic (exact) mass is 262 g/mol. The molecule has 2 aromatic carbocycles. The SMILES string of the molecule is c1ccc(C2=NN(c3ccccc3)[C@H]3CCC[C@H]23)cc1. The Morgan fingerprint density at radius 1 is 0.850 bits per heavy atom. The summed E-state index contributed by atoms with van der Waals surface area (Å²) < 4.78 is 0. The molecule has 4 rings (SSSR count). The molecule has 0 bridgehead atoms. The Bertz CT molecular complexity index is 618. The highest BCUT2D eigenvalue weighted by Crippen LogP contribution is 2.40. The van der Waals surface area contributed by atoms with Crippen LogP contribution in [0.25, 0.3) is 0 Å². The van der Waals surface area contributed by atoms with Crippen molar-refractivity contribution < 1.29 is 0 Å². The molecule has 0 amide bonds. The van der Waals surface area contributed by atoms with Gasteiger partial charge in [0.1, 0.15) is 0 Å². The first-order chi connectivity index (χ1) is 9.93. The van der Waals surface area contributed by atoms with Gasteiger partial charge in [-0.2, -0.15) is 5.10 Å². The lowest BCUT2D eigenvalue weighted by Gasteiger charge is -2.22. The minimum absolute atomic E-state index is 0.549. The molecule has 0 aromatic heterocycles. The van der Waals surface area contributed by atoms with E-state index >= 15 is 0 Å². The number of fused-ring (bicyclic) bond motifs is 1. The zero-order valence-electron chi connectivity index (χ0n) is 11.4. The first-order valence-corrected chi connectivity index (χ1v) is 7.42. The maximum atomic E-state index is 4.96. The molecule has 1 heterocycles. The zero-order chi connectivity index (χ0) is 13.4. The van der Waals surface area contributed by atoms with E-state index in [2.05, 4.69) is 65.7 Å². The Hall–Kier alpha value is -2.09. The van der Waals surface area contributed by atoms with Crippen LogP contribution in [0.3, 0.4) is 0 Å². The van der Waals surface area contributed by atoms with E-state index in [1.165, 1.54) is 36.2 Å². The Labute approximate surface area is 119 Å². The maximum Gasteiger partial charge on any atom is 0.0734 e. The van der Waals surface area contributed by atoms with Gasteiger partial charge in [0.05, 0.1) is 17.4 Å². The van der Waals surface area contributed by atoms with E-state index in [4.69, 9.17) is 5.10 Å². The van der Waals surface area contributed by atoms with E-state index in [1.54, 1.807) is 0 Å². The normalized spacial score (nSPS) is 24.6. The molecule has 2 aliphatic rings. The molecular weight excluding hydrogens is 244 g/mol. The second kappa shape index (κ2) is 4.78. The number of para-hydroxylation sites is 1. The summed E-state index contributed by atoms with van der Waals surface area (Å²) in [5.41, 5.74) is 3.77. The molecule has 100 valence electrons. The summed E-state index contributed by atoms with van der Waals surface area (Å²) in [7, 11) is 0. The first kappa shape index (κ1) is 11.7. The lowest BCUT2D eigenvalue weighted by molar-refractivity contribution is 0.602. The third kappa shape index (κ3) is 1.83. The van der Waals surface area contributed by atoms with E-state index in [0.717, 1.165) is 0 Å². The molecule has 2 atom stereocenters. The van der Waals surface area contributed by atoms with Gasteiger partial charge in [-0.05, 0) is 30.5 Å². The second-order valence-corrected chi connectivity index (χ2v) is 5.64. The van der Waals surface area contributed by atoms with Gasteiger partial charge in [0, 0.05) is 5.92 Å². The number of anilines is 1. The van der Waals surface area contributed by atoms with Crippen molar-refractivity contribution in [1.29, 1.82) is 0 Å². The highest BCUT2D eigenvalue weighted by Gasteiger charge is 2.41. The Morgan fingerprint density at radius 3 is 2.30 bits per heavy atom. The molecule has 2 nitrogen and oxygen atoms in total. The average molecular weight is 262 g/mol. The van der Waals surface area contributed by atoms with Crippen LogP contribution in [0.1, 0.15) is 24.8 Å². The van der Waals surface area contributed by atoms with Crippen molar-refractivity contribution in [2.75, 3.05) is 5.01 Å². The smallest absolute Gasteiger partial charge is 0.0734 e. The van der Waals surface area contributed by atoms with Crippen molar-refractivity contribution >= 4 is 11.4 Å². The zero-order valence-corrected chi connectivity index (χ0v) is 11.4. The Morgan fingerprint density at radius 2 is 1.55 bits per heavy atom. The summed E-state index contributed by atoms with van der Waals surface area (Å²) in [6.45, 7) is 0. The molecular formula is C18H18N2. The highest BCUT2D eigenvalue weighted by atomic mass is 15.5. The van der Waals surface area contributed by atoms with Gasteiger partial charge in [-0.1, -0.05) is 55.0 Å². The topological polar surface area (TPSA) is 15.6 Å². The number of hydrogen-bond donors (Lipinski definition) is 0. The number of hydrazone groups is 1. The van der Waals surface area contributed by atoms with Crippen LogP contribution in [-0.2, 0) is 0 Å². The van der Waals surface area contributed by atoms with Crippen molar-refractivity contribution in [3.8, 4) is 0 Å². The van der Waals surface area contributed by atoms with Crippen LogP contribution >= 0.6 is 0 Å². The number of rotatable bonds is 2. The molecule has 2 aromatic rings. The van der Waals surface area contributed by atoms with Gasteiger partial charge >= 0.3 is 0 Å². The van der Waals surface area contributed by atoms with Gasteiger partial charge in [0.15, 0.2) is 0 Å². The van der Waals surface area contributed by atoms with Crippen molar-refractivity contribution in [3.05, 3.63) is 66.2 Å². The lowest BCUT2D eigenvalue weighted by atomic mass is 9.93. The molecule has 1 aliphatic carbocycles. The van der Waals surface area contributed by atoms with Crippen molar-refractivity contribution in [2.24, 2.45) is 11.0 Å². The van der Waals surface area contributed by atoms with Crippen LogP contribution in [-0.4, -0.2) is 11.8 Å². The molecule has 1 saturated carbocycles. The number of nitrogens with zero attached hydrogens (tertiary/aromatic N) is 2. The highest BCUT2D eigenvalue weighted by molar-refractivity contribution is 6.05. The van der Waals surface area contributed by atoms with Crippen LogP contribution < -0.4 is 5.01 Å². The van der Waals surface area contributed by atoms with Crippen LogP contribution in [0.15, 0.2) is 65.8 Å². The summed E-state index contributed by atoms with van der Waals surface area (Å²) in [4.78, 5) is 0. The quantitative estimate of drug-likeness (QED) is 0.796. The lowest BCUT2D eigenvalue weighted by Crippen LogP contribution is -2.29. The van der Waals surface area contributed by atoms with Gasteiger partial charge < -0.3 is 0 Å². The minimum atomic E-state index is 0.549. The molecule has 1 fully saturated rings. The predicted octanol–water partition coefficient (Wildman–Crippen LogP) is 4.08. The molecule has 0 radical (unpaired) electrons. The minimum Gasteiger partial charge on any atom is -0.262 e. The van der Waals surface area contributed by atoms with E-state index in [0.29, 0.717) is 12.0 Å². The Kier molecular flexibility index (Phi) is 2.80. The molecule has 20 heavy (non-hydrogen) atoms. The molecule has 2 heteroatoms. The van der Waals surface area contributed by atoms with Crippen LogP contribution in [0.5, 0.6) is 0 Å². The fourth-order valence-electron chi connectivity index (χ4n) is 3.53. The fourth-order valence-corrected chi connectivity index (χ4v) is 3.53. The van der Waals surface area contributed by atoms with E-state index in [9.17, 15) is 0 Å². The van der Waals surface area contributed by atoms with Crippen LogP contribution in [0, 0.1) is 5.92 Å². The second-order valence-electron chi connectivity index (χ2n) is 5.64. The summed E-state index contributed by atoms with van der Waals surface area (Å²) in [5.74, 6) is 0.595. The van der Waals surface area contributed by atoms with Gasteiger partial charge in [0.25, 0.3) is 0 Å². The maximum absolute atomic E-state index is 4.96. The molecule has 0 spiro atoms. The van der Waals surface area contributed by atoms with Crippen LogP contribution in [0.4, 0.5) is 5.69 Å². The van der Waals surface area contributed by atoms with Crippen LogP contribution in [0.2, 0.25) is 0 Å². The summed E-state index contributed by atoms with van der Waals surface area (Å²) in [6.07, 6.45) is 3.83. The first-order valence-electron chi connectivity index (χ1n) is 7.42. The van der Waals surface area contributed by atoms with E-state index in [-0.39, 0.29) is 0 Å². The van der Waals surface area contributed by atoms with Crippen molar-refractivity contribution in [3.63, 3.8) is 0 Å². The summed E-state index contributed by atoms with van der Waals surface area (Å²) >= 11 is 0. The predicted molar refractivity (Wildman–Crippen MR) is 83.0 cm³/mol. The largest absolute Gasteiger partial charge is 0.262 e.